The van der Waals surface area contributed by atoms with Crippen LogP contribution in [0.25, 0.3) is 0 Å². The topological polar surface area (TPSA) is 58.2 Å². The van der Waals surface area contributed by atoms with Gasteiger partial charge in [0.25, 0.3) is 0 Å². The number of nitrogens with one attached hydrogen (secondary N) is 2. The predicted molar refractivity (Wildman–Crippen MR) is 114 cm³/mol. The Bertz CT molecular complexity index is 1020. The summed E-state index contributed by atoms with van der Waals surface area (Å²) in [5, 5.41) is 3.68. The van der Waals surface area contributed by atoms with Crippen LogP contribution >= 0.6 is 0 Å². The fourth-order valence-corrected chi connectivity index (χ4v) is 5.76. The van der Waals surface area contributed by atoms with Crippen LogP contribution in [0.1, 0.15) is 55.8 Å². The Labute approximate surface area is 168 Å². The lowest BCUT2D eigenvalue weighted by molar-refractivity contribution is 0.425. The van der Waals surface area contributed by atoms with Crippen molar-refractivity contribution < 1.29 is 8.42 Å². The van der Waals surface area contributed by atoms with Gasteiger partial charge in [-0.25, -0.2) is 13.1 Å². The molecule has 2 aliphatic rings. The summed E-state index contributed by atoms with van der Waals surface area (Å²) in [5.41, 5.74) is 4.11. The van der Waals surface area contributed by atoms with E-state index in [2.05, 4.69) is 53.4 Å². The lowest BCUT2D eigenvalue weighted by Gasteiger charge is -2.38. The highest BCUT2D eigenvalue weighted by Crippen LogP contribution is 2.50. The van der Waals surface area contributed by atoms with Crippen LogP contribution in [0.4, 0.5) is 5.69 Å². The second kappa shape index (κ2) is 6.75. The van der Waals surface area contributed by atoms with Gasteiger partial charge in [0.1, 0.15) is 0 Å². The van der Waals surface area contributed by atoms with Gasteiger partial charge in [0.2, 0.25) is 10.0 Å². The molecule has 0 spiro atoms. The third-order valence-corrected chi connectivity index (χ3v) is 7.28. The summed E-state index contributed by atoms with van der Waals surface area (Å²) in [6.07, 6.45) is 5.45. The lowest BCUT2D eigenvalue weighted by Crippen LogP contribution is -2.40. The molecule has 5 heteroatoms. The molecule has 2 aromatic carbocycles. The minimum absolute atomic E-state index is 0.225. The fraction of sp³-hybridized carbons (Fsp3) is 0.391. The maximum atomic E-state index is 12.8. The molecule has 0 fully saturated rings. The van der Waals surface area contributed by atoms with Crippen molar-refractivity contribution in [3.05, 3.63) is 71.3 Å². The number of anilines is 1. The van der Waals surface area contributed by atoms with E-state index in [0.717, 1.165) is 17.7 Å². The smallest absolute Gasteiger partial charge is 0.241 e. The molecule has 148 valence electrons. The molecule has 0 bridgehead atoms. The summed E-state index contributed by atoms with van der Waals surface area (Å²) in [4.78, 5) is 0.329. The number of aryl methyl sites for hydroxylation is 1. The molecule has 2 aromatic rings. The van der Waals surface area contributed by atoms with Crippen LogP contribution < -0.4 is 10.0 Å². The summed E-state index contributed by atoms with van der Waals surface area (Å²) in [7, 11) is -3.55. The Morgan fingerprint density at radius 2 is 1.79 bits per heavy atom. The normalized spacial score (nSPS) is 23.8. The number of hydrogen-bond donors (Lipinski definition) is 2. The summed E-state index contributed by atoms with van der Waals surface area (Å²) < 4.78 is 28.3. The first-order valence-electron chi connectivity index (χ1n) is 9.82. The van der Waals surface area contributed by atoms with E-state index in [1.807, 2.05) is 32.9 Å². The molecular weight excluding hydrogens is 368 g/mol. The Morgan fingerprint density at radius 1 is 1.07 bits per heavy atom. The van der Waals surface area contributed by atoms with Gasteiger partial charge in [-0.15, -0.1) is 0 Å². The molecule has 1 aliphatic heterocycles. The van der Waals surface area contributed by atoms with Crippen LogP contribution in [-0.4, -0.2) is 14.0 Å². The molecule has 3 unspecified atom stereocenters. The van der Waals surface area contributed by atoms with Crippen LogP contribution in [-0.2, 0) is 10.0 Å². The van der Waals surface area contributed by atoms with E-state index in [0.29, 0.717) is 10.8 Å². The van der Waals surface area contributed by atoms with Crippen LogP contribution in [0.3, 0.4) is 0 Å². The van der Waals surface area contributed by atoms with Crippen molar-refractivity contribution in [3.8, 4) is 0 Å². The van der Waals surface area contributed by atoms with Gasteiger partial charge in [-0.05, 0) is 69.4 Å². The quantitative estimate of drug-likeness (QED) is 0.726. The molecule has 1 aliphatic carbocycles. The Balaban J connectivity index is 1.72. The first-order valence-corrected chi connectivity index (χ1v) is 11.3. The molecule has 4 rings (SSSR count). The molecule has 0 aromatic heterocycles. The average Bonchev–Trinajstić information content (AvgIpc) is 3.09. The number of sulfonamides is 1. The number of fused-ring (bicyclic) bond motifs is 3. The van der Waals surface area contributed by atoms with Crippen molar-refractivity contribution in [2.75, 3.05) is 5.32 Å². The van der Waals surface area contributed by atoms with Gasteiger partial charge in [0.05, 0.1) is 10.9 Å². The molecular formula is C23H28N2O2S. The largest absolute Gasteiger partial charge is 0.378 e. The third kappa shape index (κ3) is 3.61. The van der Waals surface area contributed by atoms with E-state index in [4.69, 9.17) is 0 Å². The van der Waals surface area contributed by atoms with Crippen molar-refractivity contribution >= 4 is 15.7 Å². The number of rotatable bonds is 3. The summed E-state index contributed by atoms with van der Waals surface area (Å²) in [6, 6.07) is 14.4. The molecule has 28 heavy (non-hydrogen) atoms. The zero-order chi connectivity index (χ0) is 20.1. The Kier molecular flexibility index (Phi) is 4.63. The molecule has 3 atom stereocenters. The van der Waals surface area contributed by atoms with Gasteiger partial charge < -0.3 is 5.32 Å². The Morgan fingerprint density at radius 3 is 2.46 bits per heavy atom. The van der Waals surface area contributed by atoms with E-state index < -0.39 is 15.6 Å². The van der Waals surface area contributed by atoms with Gasteiger partial charge in [-0.2, -0.15) is 0 Å². The molecule has 0 radical (unpaired) electrons. The van der Waals surface area contributed by atoms with Gasteiger partial charge in [0.15, 0.2) is 0 Å². The van der Waals surface area contributed by atoms with Crippen LogP contribution in [0.5, 0.6) is 0 Å². The van der Waals surface area contributed by atoms with Crippen molar-refractivity contribution in [3.63, 3.8) is 0 Å². The van der Waals surface area contributed by atoms with Gasteiger partial charge in [0, 0.05) is 17.1 Å². The first kappa shape index (κ1) is 19.2. The SMILES string of the molecule is Cc1ccc(C2Nc3ccc(S(=O)(=O)NC(C)(C)C)cc3C3C=CCC32)cc1. The summed E-state index contributed by atoms with van der Waals surface area (Å²) in [5.74, 6) is 0.621. The third-order valence-electron chi connectivity index (χ3n) is 5.52. The highest BCUT2D eigenvalue weighted by molar-refractivity contribution is 7.89. The van der Waals surface area contributed by atoms with E-state index in [1.165, 1.54) is 11.1 Å². The van der Waals surface area contributed by atoms with Crippen molar-refractivity contribution in [1.82, 2.24) is 4.72 Å². The van der Waals surface area contributed by atoms with Crippen molar-refractivity contribution in [1.29, 1.82) is 0 Å². The summed E-state index contributed by atoms with van der Waals surface area (Å²) >= 11 is 0. The van der Waals surface area contributed by atoms with E-state index in [-0.39, 0.29) is 12.0 Å². The lowest BCUT2D eigenvalue weighted by atomic mass is 9.77. The minimum atomic E-state index is -3.55. The van der Waals surface area contributed by atoms with Crippen LogP contribution in [0.2, 0.25) is 0 Å². The molecule has 0 saturated heterocycles. The minimum Gasteiger partial charge on any atom is -0.378 e. The molecule has 2 N–H and O–H groups in total. The second-order valence-electron chi connectivity index (χ2n) is 8.99. The molecule has 0 saturated carbocycles. The van der Waals surface area contributed by atoms with E-state index in [9.17, 15) is 8.42 Å². The molecule has 1 heterocycles. The van der Waals surface area contributed by atoms with E-state index >= 15 is 0 Å². The van der Waals surface area contributed by atoms with Gasteiger partial charge >= 0.3 is 0 Å². The Hall–Kier alpha value is -2.11. The maximum absolute atomic E-state index is 12.8. The van der Waals surface area contributed by atoms with E-state index in [1.54, 1.807) is 6.07 Å². The van der Waals surface area contributed by atoms with Crippen molar-refractivity contribution in [2.45, 2.75) is 56.5 Å². The van der Waals surface area contributed by atoms with Crippen molar-refractivity contribution in [2.24, 2.45) is 5.92 Å². The van der Waals surface area contributed by atoms with Gasteiger partial charge in [-0.3, -0.25) is 0 Å². The number of hydrogen-bond acceptors (Lipinski definition) is 3. The first-order chi connectivity index (χ1) is 13.1. The second-order valence-corrected chi connectivity index (χ2v) is 10.7. The maximum Gasteiger partial charge on any atom is 0.241 e. The fourth-order valence-electron chi connectivity index (χ4n) is 4.31. The molecule has 0 amide bonds. The average molecular weight is 397 g/mol. The molecule has 4 nitrogen and oxygen atoms in total. The van der Waals surface area contributed by atoms with Crippen LogP contribution in [0, 0.1) is 12.8 Å². The number of benzene rings is 2. The van der Waals surface area contributed by atoms with Gasteiger partial charge in [-0.1, -0.05) is 42.0 Å². The zero-order valence-electron chi connectivity index (χ0n) is 16.9. The highest BCUT2D eigenvalue weighted by Gasteiger charge is 2.38. The standard InChI is InChI=1S/C23H28N2O2S/c1-15-8-10-16(11-9-15)22-19-7-5-6-18(19)20-14-17(12-13-21(20)24-22)28(26,27)25-23(2,3)4/h5-6,8-14,18-19,22,24-25H,7H2,1-4H3. The monoisotopic (exact) mass is 396 g/mol. The highest BCUT2D eigenvalue weighted by atomic mass is 32.2. The zero-order valence-corrected chi connectivity index (χ0v) is 17.7. The summed E-state index contributed by atoms with van der Waals surface area (Å²) in [6.45, 7) is 7.66. The number of allylic oxidation sites excluding steroid dienone is 2. The predicted octanol–water partition coefficient (Wildman–Crippen LogP) is 4.90. The van der Waals surface area contributed by atoms with Crippen LogP contribution in [0.15, 0.2) is 59.5 Å².